The molecule has 1 aromatic carbocycles. The fourth-order valence-corrected chi connectivity index (χ4v) is 5.89. The summed E-state index contributed by atoms with van der Waals surface area (Å²) in [7, 11) is 1.22. The Morgan fingerprint density at radius 2 is 1.67 bits per heavy atom. The molecule has 3 heterocycles. The quantitative estimate of drug-likeness (QED) is 0.389. The van der Waals surface area contributed by atoms with E-state index in [1.54, 1.807) is 20.8 Å². The van der Waals surface area contributed by atoms with E-state index in [1.165, 1.54) is 49.7 Å². The second-order valence-electron chi connectivity index (χ2n) is 12.4. The Kier molecular flexibility index (Phi) is 8.36. The monoisotopic (exact) mass is 629 g/mol. The highest BCUT2D eigenvalue weighted by Crippen LogP contribution is 2.47. The molecule has 45 heavy (non-hydrogen) atoms. The number of methoxy groups -OCH3 is 1. The lowest BCUT2D eigenvalue weighted by Gasteiger charge is -2.42. The Morgan fingerprint density at radius 3 is 2.29 bits per heavy atom. The van der Waals surface area contributed by atoms with E-state index in [-0.39, 0.29) is 42.7 Å². The average Bonchev–Trinajstić information content (AvgIpc) is 3.59. The number of carbonyl (C=O) groups is 4. The molecule has 1 aliphatic carbocycles. The van der Waals surface area contributed by atoms with Crippen molar-refractivity contribution in [2.45, 2.75) is 82.0 Å². The molecule has 2 atom stereocenters. The summed E-state index contributed by atoms with van der Waals surface area (Å²) in [5.41, 5.74) is -0.984. The summed E-state index contributed by atoms with van der Waals surface area (Å²) in [4.78, 5) is 57.6. The normalized spacial score (nSPS) is 20.9. The van der Waals surface area contributed by atoms with E-state index in [1.807, 2.05) is 0 Å². The van der Waals surface area contributed by atoms with Crippen LogP contribution in [0.3, 0.4) is 0 Å². The fourth-order valence-electron chi connectivity index (χ4n) is 5.89. The van der Waals surface area contributed by atoms with Crippen molar-refractivity contribution in [3.8, 4) is 0 Å². The fraction of sp³-hybridized carbons (Fsp3) is 0.484. The second-order valence-corrected chi connectivity index (χ2v) is 12.4. The van der Waals surface area contributed by atoms with Gasteiger partial charge in [-0.25, -0.2) is 27.7 Å². The highest BCUT2D eigenvalue weighted by molar-refractivity contribution is 6.00. The van der Waals surface area contributed by atoms with Gasteiger partial charge in [-0.05, 0) is 63.4 Å². The van der Waals surface area contributed by atoms with Gasteiger partial charge in [0.15, 0.2) is 0 Å². The summed E-state index contributed by atoms with van der Waals surface area (Å²) in [5.74, 6) is -4.82. The highest BCUT2D eigenvalue weighted by atomic mass is 19.3. The number of hydrogen-bond donors (Lipinski definition) is 1. The smallest absolute Gasteiger partial charge is 0.435 e. The van der Waals surface area contributed by atoms with Crippen LogP contribution in [0.4, 0.5) is 23.8 Å². The summed E-state index contributed by atoms with van der Waals surface area (Å²) >= 11 is 0. The number of ether oxygens (including phenoxy) is 2. The van der Waals surface area contributed by atoms with E-state index in [0.29, 0.717) is 11.1 Å². The van der Waals surface area contributed by atoms with Gasteiger partial charge < -0.3 is 19.7 Å². The van der Waals surface area contributed by atoms with Crippen molar-refractivity contribution in [2.75, 3.05) is 19.0 Å². The van der Waals surface area contributed by atoms with Crippen LogP contribution in [0.15, 0.2) is 42.6 Å². The zero-order valence-corrected chi connectivity index (χ0v) is 25.3. The zero-order valence-electron chi connectivity index (χ0n) is 25.3. The molecule has 2 aromatic heterocycles. The van der Waals surface area contributed by atoms with Gasteiger partial charge in [0, 0.05) is 19.3 Å². The molecule has 0 radical (unpaired) electrons. The number of amides is 2. The molecule has 2 amide bonds. The van der Waals surface area contributed by atoms with E-state index >= 15 is 0 Å². The third kappa shape index (κ3) is 6.50. The standard InChI is InChI=1S/C31H34F3N5O6/c1-29(2,3)45-28(43)39-22-9-10-24(36-21(22)16-35-39)37-25(40)23-15-20(32)17-38(23)27(42)30(11-13-31(33,34)14-12-30)19-7-5-18(6-8-19)26(41)44-4/h5-10,16,20,23H,11-15,17H2,1-4H3,(H,36,37,40)/t20-,23-/m1/s1. The molecule has 5 rings (SSSR count). The molecule has 0 bridgehead atoms. The van der Waals surface area contributed by atoms with Gasteiger partial charge in [0.25, 0.3) is 0 Å². The first-order chi connectivity index (χ1) is 21.1. The van der Waals surface area contributed by atoms with Crippen molar-refractivity contribution in [1.29, 1.82) is 0 Å². The maximum Gasteiger partial charge on any atom is 0.435 e. The molecule has 1 saturated heterocycles. The minimum atomic E-state index is -2.97. The first kappa shape index (κ1) is 31.9. The Balaban J connectivity index is 1.39. The van der Waals surface area contributed by atoms with Crippen LogP contribution >= 0.6 is 0 Å². The van der Waals surface area contributed by atoms with Gasteiger partial charge in [0.2, 0.25) is 17.7 Å². The number of nitrogens with zero attached hydrogens (tertiary/aromatic N) is 4. The molecule has 1 N–H and O–H groups in total. The Bertz CT molecular complexity index is 1620. The molecule has 11 nitrogen and oxygen atoms in total. The molecule has 1 aliphatic heterocycles. The van der Waals surface area contributed by atoms with Crippen molar-refractivity contribution in [2.24, 2.45) is 0 Å². The van der Waals surface area contributed by atoms with Crippen molar-refractivity contribution >= 4 is 40.7 Å². The Morgan fingerprint density at radius 1 is 1.00 bits per heavy atom. The number of alkyl halides is 3. The van der Waals surface area contributed by atoms with E-state index < -0.39 is 65.9 Å². The second kappa shape index (κ2) is 11.8. The summed E-state index contributed by atoms with van der Waals surface area (Å²) in [6.07, 6.45) is -2.77. The number of esters is 1. The average molecular weight is 630 g/mol. The summed E-state index contributed by atoms with van der Waals surface area (Å²) in [6, 6.07) is 7.64. The van der Waals surface area contributed by atoms with Crippen molar-refractivity contribution in [1.82, 2.24) is 19.7 Å². The predicted molar refractivity (Wildman–Crippen MR) is 156 cm³/mol. The lowest BCUT2D eigenvalue weighted by Crippen LogP contribution is -2.54. The minimum Gasteiger partial charge on any atom is -0.465 e. The number of anilines is 1. The number of aromatic nitrogens is 3. The van der Waals surface area contributed by atoms with Crippen molar-refractivity contribution in [3.63, 3.8) is 0 Å². The van der Waals surface area contributed by atoms with Gasteiger partial charge in [-0.2, -0.15) is 9.78 Å². The van der Waals surface area contributed by atoms with Crippen LogP contribution in [0.1, 0.15) is 68.8 Å². The number of fused-ring (bicyclic) bond motifs is 1. The van der Waals surface area contributed by atoms with Crippen molar-refractivity contribution < 1.29 is 41.8 Å². The van der Waals surface area contributed by atoms with E-state index in [0.717, 1.165) is 9.58 Å². The molecule has 0 unspecified atom stereocenters. The van der Waals surface area contributed by atoms with Crippen LogP contribution in [-0.4, -0.2) is 80.9 Å². The summed E-state index contributed by atoms with van der Waals surface area (Å²) < 4.78 is 54.6. The minimum absolute atomic E-state index is 0.0800. The maximum absolute atomic E-state index is 14.9. The maximum atomic E-state index is 14.9. The highest BCUT2D eigenvalue weighted by Gasteiger charge is 2.53. The summed E-state index contributed by atoms with van der Waals surface area (Å²) in [6.45, 7) is 4.76. The molecule has 240 valence electrons. The molecule has 0 spiro atoms. The third-order valence-electron chi connectivity index (χ3n) is 8.16. The first-order valence-corrected chi connectivity index (χ1v) is 14.5. The lowest BCUT2D eigenvalue weighted by molar-refractivity contribution is -0.146. The number of pyridine rings is 1. The van der Waals surface area contributed by atoms with Gasteiger partial charge >= 0.3 is 12.1 Å². The van der Waals surface area contributed by atoms with Crippen LogP contribution in [0.5, 0.6) is 0 Å². The van der Waals surface area contributed by atoms with Crippen LogP contribution in [-0.2, 0) is 24.5 Å². The number of halogens is 3. The number of rotatable bonds is 5. The number of likely N-dealkylation sites (tertiary alicyclic amines) is 1. The molecule has 2 fully saturated rings. The van der Waals surface area contributed by atoms with E-state index in [2.05, 4.69) is 15.4 Å². The number of nitrogens with one attached hydrogen (secondary N) is 1. The number of carbonyl (C=O) groups excluding carboxylic acids is 4. The molecule has 3 aromatic rings. The first-order valence-electron chi connectivity index (χ1n) is 14.5. The van der Waals surface area contributed by atoms with Crippen LogP contribution < -0.4 is 5.32 Å². The Labute approximate surface area is 257 Å². The molecule has 1 saturated carbocycles. The van der Waals surface area contributed by atoms with Crippen LogP contribution in [0.2, 0.25) is 0 Å². The van der Waals surface area contributed by atoms with Gasteiger partial charge in [-0.1, -0.05) is 12.1 Å². The largest absolute Gasteiger partial charge is 0.465 e. The SMILES string of the molecule is COC(=O)c1ccc(C2(C(=O)N3C[C@H](F)C[C@@H]3C(=O)Nc3ccc4c(cnn4C(=O)OC(C)(C)C)n3)CCC(F)(F)CC2)cc1. The third-order valence-corrected chi connectivity index (χ3v) is 8.16. The van der Waals surface area contributed by atoms with Gasteiger partial charge in [-0.15, -0.1) is 0 Å². The van der Waals surface area contributed by atoms with Gasteiger partial charge in [0.05, 0.1) is 36.3 Å². The molecule has 2 aliphatic rings. The van der Waals surface area contributed by atoms with E-state index in [9.17, 15) is 32.3 Å². The topological polar surface area (TPSA) is 133 Å². The van der Waals surface area contributed by atoms with Crippen LogP contribution in [0.25, 0.3) is 11.0 Å². The number of hydrogen-bond acceptors (Lipinski definition) is 8. The van der Waals surface area contributed by atoms with Crippen molar-refractivity contribution in [3.05, 3.63) is 53.7 Å². The van der Waals surface area contributed by atoms with E-state index in [4.69, 9.17) is 9.47 Å². The summed E-state index contributed by atoms with van der Waals surface area (Å²) in [5, 5.41) is 6.64. The molecular weight excluding hydrogens is 595 g/mol. The van der Waals surface area contributed by atoms with Gasteiger partial charge in [0.1, 0.15) is 29.1 Å². The molecular formula is C31H34F3N5O6. The molecule has 14 heteroatoms. The predicted octanol–water partition coefficient (Wildman–Crippen LogP) is 5.03. The number of benzene rings is 1. The zero-order chi connectivity index (χ0) is 32.7. The Hall–Kier alpha value is -4.49. The lowest BCUT2D eigenvalue weighted by atomic mass is 9.67. The van der Waals surface area contributed by atoms with Crippen LogP contribution in [0, 0.1) is 0 Å². The van der Waals surface area contributed by atoms with Gasteiger partial charge in [-0.3, -0.25) is 9.59 Å².